The van der Waals surface area contributed by atoms with Crippen LogP contribution in [0.5, 0.6) is 0 Å². The molecule has 3 heterocycles. The summed E-state index contributed by atoms with van der Waals surface area (Å²) >= 11 is 1.52. The molecule has 0 spiro atoms. The van der Waals surface area contributed by atoms with Gasteiger partial charge in [-0.2, -0.15) is 13.2 Å². The number of nitrogens with zero attached hydrogens (tertiary/aromatic N) is 2. The summed E-state index contributed by atoms with van der Waals surface area (Å²) in [5.74, 6) is -1.29. The van der Waals surface area contributed by atoms with Crippen LogP contribution in [0.4, 0.5) is 13.2 Å². The van der Waals surface area contributed by atoms with Crippen LogP contribution >= 0.6 is 11.3 Å². The summed E-state index contributed by atoms with van der Waals surface area (Å²) in [6, 6.07) is 9.54. The van der Waals surface area contributed by atoms with Crippen LogP contribution in [0, 0.1) is 11.8 Å². The molecule has 0 radical (unpaired) electrons. The Morgan fingerprint density at radius 3 is 2.60 bits per heavy atom. The third-order valence-corrected chi connectivity index (χ3v) is 8.76. The number of nitrogens with one attached hydrogen (secondary N) is 3. The first-order chi connectivity index (χ1) is 19.2. The fourth-order valence-corrected chi connectivity index (χ4v) is 6.72. The Kier molecular flexibility index (Phi) is 8.48. The van der Waals surface area contributed by atoms with Gasteiger partial charge in [0.15, 0.2) is 0 Å². The van der Waals surface area contributed by atoms with Crippen LogP contribution in [0.25, 0.3) is 0 Å². The molecule has 0 bridgehead atoms. The Morgan fingerprint density at radius 2 is 1.88 bits per heavy atom. The average molecular weight is 574 g/mol. The largest absolute Gasteiger partial charge is 0.416 e. The van der Waals surface area contributed by atoms with Gasteiger partial charge < -0.3 is 21.1 Å². The summed E-state index contributed by atoms with van der Waals surface area (Å²) in [5.41, 5.74) is -0.273. The molecule has 1 aromatic carbocycles. The molecule has 12 heteroatoms. The minimum atomic E-state index is -4.57. The molecule has 4 N–H and O–H groups in total. The second-order valence-electron chi connectivity index (χ2n) is 10.3. The van der Waals surface area contributed by atoms with Crippen LogP contribution in [0.1, 0.15) is 51.3 Å². The Hall–Kier alpha value is -3.35. The van der Waals surface area contributed by atoms with E-state index in [9.17, 15) is 27.9 Å². The van der Waals surface area contributed by atoms with E-state index >= 15 is 0 Å². The zero-order chi connectivity index (χ0) is 28.3. The van der Waals surface area contributed by atoms with E-state index in [1.54, 1.807) is 12.4 Å². The van der Waals surface area contributed by atoms with E-state index in [4.69, 9.17) is 0 Å². The maximum absolute atomic E-state index is 13.0. The smallest absolute Gasteiger partial charge is 0.392 e. The molecule has 2 amide bonds. The zero-order valence-electron chi connectivity index (χ0n) is 21.5. The summed E-state index contributed by atoms with van der Waals surface area (Å²) < 4.78 is 39.0. The van der Waals surface area contributed by atoms with Crippen LogP contribution in [0.2, 0.25) is 0 Å². The number of alkyl halides is 3. The van der Waals surface area contributed by atoms with Crippen molar-refractivity contribution in [2.24, 2.45) is 11.8 Å². The topological polar surface area (TPSA) is 116 Å². The summed E-state index contributed by atoms with van der Waals surface area (Å²) in [6.45, 7) is 0.870. The highest BCUT2D eigenvalue weighted by atomic mass is 32.1. The summed E-state index contributed by atoms with van der Waals surface area (Å²) in [4.78, 5) is 34.2. The minimum Gasteiger partial charge on any atom is -0.392 e. The lowest BCUT2D eigenvalue weighted by atomic mass is 9.67. The Bertz CT molecular complexity index is 1310. The molecule has 40 heavy (non-hydrogen) atoms. The van der Waals surface area contributed by atoms with E-state index in [0.29, 0.717) is 25.9 Å². The van der Waals surface area contributed by atoms with E-state index in [1.807, 2.05) is 23.6 Å². The summed E-state index contributed by atoms with van der Waals surface area (Å²) in [5, 5.41) is 22.9. The Morgan fingerprint density at radius 1 is 1.05 bits per heavy atom. The van der Waals surface area contributed by atoms with Crippen molar-refractivity contribution in [3.63, 3.8) is 0 Å². The predicted molar refractivity (Wildman–Crippen MR) is 143 cm³/mol. The highest BCUT2D eigenvalue weighted by molar-refractivity contribution is 7.09. The molecule has 212 valence electrons. The maximum atomic E-state index is 13.0. The van der Waals surface area contributed by atoms with Gasteiger partial charge in [-0.05, 0) is 55.0 Å². The second-order valence-corrected chi connectivity index (χ2v) is 11.2. The van der Waals surface area contributed by atoms with Gasteiger partial charge in [0, 0.05) is 60.0 Å². The molecule has 1 aliphatic carbocycles. The van der Waals surface area contributed by atoms with Crippen molar-refractivity contribution < 1.29 is 27.9 Å². The number of amides is 2. The van der Waals surface area contributed by atoms with Gasteiger partial charge in [0.1, 0.15) is 0 Å². The van der Waals surface area contributed by atoms with Crippen molar-refractivity contribution in [1.82, 2.24) is 25.9 Å². The number of benzene rings is 1. The first kappa shape index (κ1) is 28.2. The van der Waals surface area contributed by atoms with E-state index < -0.39 is 29.7 Å². The lowest BCUT2D eigenvalue weighted by Crippen LogP contribution is -2.48. The molecule has 1 saturated carbocycles. The van der Waals surface area contributed by atoms with Gasteiger partial charge in [0.05, 0.1) is 23.2 Å². The van der Waals surface area contributed by atoms with Crippen LogP contribution in [-0.4, -0.2) is 58.7 Å². The highest BCUT2D eigenvalue weighted by Gasteiger charge is 2.45. The minimum absolute atomic E-state index is 0.0734. The molecular formula is C28H30F3N5O3S. The molecule has 6 atom stereocenters. The number of pyridine rings is 1. The third-order valence-electron chi connectivity index (χ3n) is 7.85. The maximum Gasteiger partial charge on any atom is 0.416 e. The molecule has 5 unspecified atom stereocenters. The molecule has 3 aromatic rings. The first-order valence-electron chi connectivity index (χ1n) is 13.1. The first-order valence-corrected chi connectivity index (χ1v) is 14.0. The van der Waals surface area contributed by atoms with Gasteiger partial charge in [-0.3, -0.25) is 14.6 Å². The molecule has 2 fully saturated rings. The molecular weight excluding hydrogens is 543 g/mol. The van der Waals surface area contributed by atoms with Crippen molar-refractivity contribution >= 4 is 23.2 Å². The number of rotatable bonds is 7. The molecule has 1 aliphatic heterocycles. The van der Waals surface area contributed by atoms with Gasteiger partial charge in [-0.15, -0.1) is 11.3 Å². The van der Waals surface area contributed by atoms with Gasteiger partial charge in [0.25, 0.3) is 5.91 Å². The molecule has 2 aliphatic rings. The Balaban J connectivity index is 1.24. The van der Waals surface area contributed by atoms with Crippen molar-refractivity contribution in [3.05, 3.63) is 82.1 Å². The van der Waals surface area contributed by atoms with Gasteiger partial charge in [-0.1, -0.05) is 12.1 Å². The van der Waals surface area contributed by atoms with E-state index in [2.05, 4.69) is 25.9 Å². The molecule has 2 aromatic heterocycles. The van der Waals surface area contributed by atoms with Crippen LogP contribution < -0.4 is 16.0 Å². The van der Waals surface area contributed by atoms with Crippen LogP contribution in [-0.2, 0) is 11.0 Å². The number of halogens is 3. The van der Waals surface area contributed by atoms with E-state index in [0.717, 1.165) is 28.9 Å². The van der Waals surface area contributed by atoms with Gasteiger partial charge in [0.2, 0.25) is 5.91 Å². The fraction of sp³-hybridized carbons (Fsp3) is 0.429. The second kappa shape index (κ2) is 12.0. The predicted octanol–water partition coefficient (Wildman–Crippen LogP) is 3.33. The van der Waals surface area contributed by atoms with Crippen LogP contribution in [0.15, 0.2) is 60.2 Å². The molecule has 8 nitrogen and oxygen atoms in total. The van der Waals surface area contributed by atoms with E-state index in [-0.39, 0.29) is 41.8 Å². The molecule has 1 saturated heterocycles. The van der Waals surface area contributed by atoms with Crippen molar-refractivity contribution in [2.75, 3.05) is 19.6 Å². The number of carbonyl (C=O) groups is 2. The lowest BCUT2D eigenvalue weighted by molar-refractivity contribution is -0.137. The number of hydrogen-bond acceptors (Lipinski definition) is 7. The standard InChI is InChI=1S/C28H30F3N5O3S/c29-28(30,31)18-5-3-4-16(10-18)26(39)35-15-24(37)36-23-14-32-13-21(23)17-11-19(22-6-1-2-7-33-22)25(38)20(12-17)27-34-8-9-40-27/h1-10,17,19-21,23,25,32,38H,11-15H2,(H,35,39)(H,36,37)/t17?,19?,20?,21?,23-,25?/m0/s1. The molecule has 5 rings (SSSR count). The SMILES string of the molecule is O=C(CNC(=O)c1cccc(C(F)(F)F)c1)N[C@H]1CNCC1C1CC(c2ccccn2)C(O)C(c2nccs2)C1. The van der Waals surface area contributed by atoms with Crippen LogP contribution in [0.3, 0.4) is 0 Å². The zero-order valence-corrected chi connectivity index (χ0v) is 22.3. The monoisotopic (exact) mass is 573 g/mol. The number of aliphatic hydroxyl groups excluding tert-OH is 1. The fourth-order valence-electron chi connectivity index (χ4n) is 5.92. The van der Waals surface area contributed by atoms with Gasteiger partial charge in [-0.25, -0.2) is 4.98 Å². The number of thiazole rings is 1. The quantitative estimate of drug-likeness (QED) is 0.345. The van der Waals surface area contributed by atoms with Crippen molar-refractivity contribution in [2.45, 2.75) is 43.0 Å². The normalized spacial score (nSPS) is 26.8. The average Bonchev–Trinajstić information content (AvgIpc) is 3.65. The number of hydrogen-bond donors (Lipinski definition) is 4. The number of carbonyl (C=O) groups excluding carboxylic acids is 2. The Labute approximate surface area is 233 Å². The highest BCUT2D eigenvalue weighted by Crippen LogP contribution is 2.47. The summed E-state index contributed by atoms with van der Waals surface area (Å²) in [6.07, 6.45) is -0.335. The lowest BCUT2D eigenvalue weighted by Gasteiger charge is -2.41. The van der Waals surface area contributed by atoms with E-state index in [1.165, 1.54) is 17.4 Å². The third kappa shape index (κ3) is 6.34. The van der Waals surface area contributed by atoms with Crippen molar-refractivity contribution in [3.8, 4) is 0 Å². The van der Waals surface area contributed by atoms with Gasteiger partial charge >= 0.3 is 6.18 Å². The number of aliphatic hydroxyl groups is 1. The number of aromatic nitrogens is 2. The summed E-state index contributed by atoms with van der Waals surface area (Å²) in [7, 11) is 0. The van der Waals surface area contributed by atoms with Crippen molar-refractivity contribution in [1.29, 1.82) is 0 Å².